The molecule has 1 unspecified atom stereocenters. The predicted octanol–water partition coefficient (Wildman–Crippen LogP) is 2.54. The van der Waals surface area contributed by atoms with E-state index in [9.17, 15) is 18.3 Å². The van der Waals surface area contributed by atoms with Gasteiger partial charge >= 0.3 is 0 Å². The molecule has 0 bridgehead atoms. The molecule has 0 spiro atoms. The van der Waals surface area contributed by atoms with Gasteiger partial charge in [0.25, 0.3) is 0 Å². The van der Waals surface area contributed by atoms with Gasteiger partial charge in [0, 0.05) is 17.5 Å². The maximum absolute atomic E-state index is 13.8. The van der Waals surface area contributed by atoms with Crippen molar-refractivity contribution in [2.45, 2.75) is 11.8 Å². The highest BCUT2D eigenvalue weighted by Gasteiger charge is 2.33. The molecule has 2 aromatic carbocycles. The van der Waals surface area contributed by atoms with Crippen molar-refractivity contribution in [1.29, 1.82) is 0 Å². The molecule has 0 aliphatic heterocycles. The van der Waals surface area contributed by atoms with Crippen LogP contribution in [0.25, 0.3) is 0 Å². The van der Waals surface area contributed by atoms with Gasteiger partial charge in [-0.25, -0.2) is 13.2 Å². The lowest BCUT2D eigenvalue weighted by atomic mass is 9.76. The van der Waals surface area contributed by atoms with Crippen LogP contribution in [-0.4, -0.2) is 18.3 Å². The number of hydrogen-bond donors (Lipinski definition) is 2. The molecular weight excluding hydrogens is 279 g/mol. The third kappa shape index (κ3) is 3.09. The molecule has 0 radical (unpaired) electrons. The van der Waals surface area contributed by atoms with Gasteiger partial charge < -0.3 is 10.8 Å². The maximum atomic E-state index is 13.8. The zero-order valence-electron chi connectivity index (χ0n) is 11.3. The van der Waals surface area contributed by atoms with Crippen LogP contribution < -0.4 is 5.73 Å². The minimum absolute atomic E-state index is 0.0687. The van der Waals surface area contributed by atoms with E-state index >= 15 is 0 Å². The summed E-state index contributed by atoms with van der Waals surface area (Å²) in [7, 11) is 0. The topological polar surface area (TPSA) is 46.2 Å². The Labute approximate surface area is 121 Å². The molecule has 112 valence electrons. The van der Waals surface area contributed by atoms with Gasteiger partial charge in [0.15, 0.2) is 0 Å². The standard InChI is InChI=1S/C16H16F3NO/c17-12-4-1-3-11(7-12)16(9-20,10-21)8-13-14(18)5-2-6-15(13)19/h1-7,21H,8-10,20H2. The molecule has 2 aromatic rings. The molecule has 2 nitrogen and oxygen atoms in total. The van der Waals surface area contributed by atoms with Crippen molar-refractivity contribution in [3.8, 4) is 0 Å². The van der Waals surface area contributed by atoms with Crippen LogP contribution in [-0.2, 0) is 11.8 Å². The molecule has 5 heteroatoms. The van der Waals surface area contributed by atoms with E-state index in [1.54, 1.807) is 6.07 Å². The number of aliphatic hydroxyl groups excluding tert-OH is 1. The second-order valence-corrected chi connectivity index (χ2v) is 5.03. The minimum Gasteiger partial charge on any atom is -0.395 e. The van der Waals surface area contributed by atoms with Crippen molar-refractivity contribution in [2.75, 3.05) is 13.2 Å². The Hall–Kier alpha value is -1.85. The fourth-order valence-corrected chi connectivity index (χ4v) is 2.36. The maximum Gasteiger partial charge on any atom is 0.129 e. The Morgan fingerprint density at radius 2 is 1.62 bits per heavy atom. The third-order valence-electron chi connectivity index (χ3n) is 3.71. The molecule has 0 heterocycles. The first-order chi connectivity index (χ1) is 10.0. The second-order valence-electron chi connectivity index (χ2n) is 5.03. The van der Waals surface area contributed by atoms with Crippen LogP contribution in [0.2, 0.25) is 0 Å². The van der Waals surface area contributed by atoms with Crippen molar-refractivity contribution < 1.29 is 18.3 Å². The van der Waals surface area contributed by atoms with Gasteiger partial charge in [0.2, 0.25) is 0 Å². The van der Waals surface area contributed by atoms with Crippen molar-refractivity contribution >= 4 is 0 Å². The average Bonchev–Trinajstić information content (AvgIpc) is 2.48. The second kappa shape index (κ2) is 6.28. The Morgan fingerprint density at radius 3 is 2.14 bits per heavy atom. The number of benzene rings is 2. The fraction of sp³-hybridized carbons (Fsp3) is 0.250. The van der Waals surface area contributed by atoms with E-state index < -0.39 is 29.5 Å². The van der Waals surface area contributed by atoms with Crippen LogP contribution >= 0.6 is 0 Å². The van der Waals surface area contributed by atoms with Crippen LogP contribution in [0.5, 0.6) is 0 Å². The van der Waals surface area contributed by atoms with E-state index in [0.29, 0.717) is 5.56 Å². The third-order valence-corrected chi connectivity index (χ3v) is 3.71. The molecule has 0 aliphatic carbocycles. The molecule has 1 atom stereocenters. The molecule has 0 saturated carbocycles. The number of halogens is 3. The molecular formula is C16H16F3NO. The number of aliphatic hydroxyl groups is 1. The zero-order chi connectivity index (χ0) is 15.5. The highest BCUT2D eigenvalue weighted by Crippen LogP contribution is 2.30. The highest BCUT2D eigenvalue weighted by molar-refractivity contribution is 5.32. The van der Waals surface area contributed by atoms with Gasteiger partial charge in [-0.3, -0.25) is 0 Å². The van der Waals surface area contributed by atoms with Crippen LogP contribution in [0, 0.1) is 17.5 Å². The molecule has 0 fully saturated rings. The van der Waals surface area contributed by atoms with E-state index in [1.165, 1.54) is 24.3 Å². The van der Waals surface area contributed by atoms with Gasteiger partial charge in [0.05, 0.1) is 6.61 Å². The summed E-state index contributed by atoms with van der Waals surface area (Å²) in [6.07, 6.45) is -0.151. The van der Waals surface area contributed by atoms with Crippen molar-refractivity contribution in [3.63, 3.8) is 0 Å². The van der Waals surface area contributed by atoms with Crippen molar-refractivity contribution in [2.24, 2.45) is 5.73 Å². The van der Waals surface area contributed by atoms with Crippen molar-refractivity contribution in [1.82, 2.24) is 0 Å². The lowest BCUT2D eigenvalue weighted by Crippen LogP contribution is -2.41. The van der Waals surface area contributed by atoms with E-state index in [1.807, 2.05) is 0 Å². The Kier molecular flexibility index (Phi) is 4.65. The smallest absolute Gasteiger partial charge is 0.129 e. The summed E-state index contributed by atoms with van der Waals surface area (Å²) >= 11 is 0. The van der Waals surface area contributed by atoms with E-state index in [-0.39, 0.29) is 18.5 Å². The van der Waals surface area contributed by atoms with Gasteiger partial charge in [0.1, 0.15) is 17.5 Å². The average molecular weight is 295 g/mol. The van der Waals surface area contributed by atoms with Crippen LogP contribution in [0.15, 0.2) is 42.5 Å². The van der Waals surface area contributed by atoms with E-state index in [0.717, 1.165) is 12.1 Å². The molecule has 0 aliphatic rings. The highest BCUT2D eigenvalue weighted by atomic mass is 19.1. The summed E-state index contributed by atoms with van der Waals surface area (Å²) in [6.45, 7) is -0.512. The van der Waals surface area contributed by atoms with Crippen molar-refractivity contribution in [3.05, 3.63) is 71.0 Å². The zero-order valence-corrected chi connectivity index (χ0v) is 11.3. The summed E-state index contributed by atoms with van der Waals surface area (Å²) in [5.41, 5.74) is 4.83. The van der Waals surface area contributed by atoms with Gasteiger partial charge in [-0.15, -0.1) is 0 Å². The number of rotatable bonds is 5. The molecule has 0 amide bonds. The minimum atomic E-state index is -1.13. The summed E-state index contributed by atoms with van der Waals surface area (Å²) in [5, 5.41) is 9.72. The summed E-state index contributed by atoms with van der Waals surface area (Å²) < 4.78 is 41.0. The predicted molar refractivity (Wildman–Crippen MR) is 74.3 cm³/mol. The lowest BCUT2D eigenvalue weighted by molar-refractivity contribution is 0.193. The molecule has 3 N–H and O–H groups in total. The first-order valence-electron chi connectivity index (χ1n) is 6.52. The van der Waals surface area contributed by atoms with Gasteiger partial charge in [-0.2, -0.15) is 0 Å². The SMILES string of the molecule is NCC(CO)(Cc1c(F)cccc1F)c1cccc(F)c1. The van der Waals surface area contributed by atoms with E-state index in [2.05, 4.69) is 0 Å². The Morgan fingerprint density at radius 1 is 1.00 bits per heavy atom. The van der Waals surface area contributed by atoms with E-state index in [4.69, 9.17) is 5.73 Å². The first kappa shape index (κ1) is 15.5. The number of nitrogens with two attached hydrogens (primary N) is 1. The fourth-order valence-electron chi connectivity index (χ4n) is 2.36. The number of hydrogen-bond acceptors (Lipinski definition) is 2. The lowest BCUT2D eigenvalue weighted by Gasteiger charge is -2.31. The summed E-state index contributed by atoms with van der Waals surface area (Å²) in [6, 6.07) is 9.09. The Balaban J connectivity index is 2.48. The van der Waals surface area contributed by atoms with Gasteiger partial charge in [-0.1, -0.05) is 18.2 Å². The monoisotopic (exact) mass is 295 g/mol. The quantitative estimate of drug-likeness (QED) is 0.890. The van der Waals surface area contributed by atoms with Crippen LogP contribution in [0.3, 0.4) is 0 Å². The Bertz CT molecular complexity index is 606. The summed E-state index contributed by atoms with van der Waals surface area (Å²) in [5.74, 6) is -1.91. The van der Waals surface area contributed by atoms with Crippen LogP contribution in [0.4, 0.5) is 13.2 Å². The summed E-state index contributed by atoms with van der Waals surface area (Å²) in [4.78, 5) is 0. The first-order valence-corrected chi connectivity index (χ1v) is 6.52. The molecule has 0 saturated heterocycles. The normalized spacial score (nSPS) is 14.0. The molecule has 2 rings (SSSR count). The molecule has 21 heavy (non-hydrogen) atoms. The molecule has 0 aromatic heterocycles. The van der Waals surface area contributed by atoms with Gasteiger partial charge in [-0.05, 0) is 36.2 Å². The largest absolute Gasteiger partial charge is 0.395 e. The van der Waals surface area contributed by atoms with Crippen LogP contribution in [0.1, 0.15) is 11.1 Å².